The molecule has 1 aromatic carbocycles. The molecule has 0 aromatic heterocycles. The number of carbonyl (C=O) groups is 1. The molecular weight excluding hydrogens is 316 g/mol. The van der Waals surface area contributed by atoms with Crippen molar-refractivity contribution in [3.05, 3.63) is 34.3 Å². The van der Waals surface area contributed by atoms with Gasteiger partial charge in [0.25, 0.3) is 0 Å². The summed E-state index contributed by atoms with van der Waals surface area (Å²) in [6.45, 7) is 6.88. The number of nitrogens with two attached hydrogens (primary N) is 1. The van der Waals surface area contributed by atoms with Crippen molar-refractivity contribution in [1.29, 1.82) is 0 Å². The molecule has 1 aromatic rings. The van der Waals surface area contributed by atoms with Crippen LogP contribution in [0.5, 0.6) is 0 Å². The van der Waals surface area contributed by atoms with Crippen molar-refractivity contribution in [1.82, 2.24) is 5.32 Å². The van der Waals surface area contributed by atoms with Crippen LogP contribution in [0, 0.1) is 11.8 Å². The summed E-state index contributed by atoms with van der Waals surface area (Å²) in [5.41, 5.74) is 6.85. The van der Waals surface area contributed by atoms with E-state index in [1.165, 1.54) is 0 Å². The Morgan fingerprint density at radius 3 is 2.35 bits per heavy atom. The maximum atomic E-state index is 12.1. The van der Waals surface area contributed by atoms with E-state index in [1.807, 2.05) is 31.2 Å². The summed E-state index contributed by atoms with van der Waals surface area (Å²) in [5.74, 6) is 0.920. The minimum Gasteiger partial charge on any atom is -0.350 e. The van der Waals surface area contributed by atoms with Gasteiger partial charge in [0.1, 0.15) is 0 Å². The second-order valence-electron chi connectivity index (χ2n) is 5.78. The van der Waals surface area contributed by atoms with Gasteiger partial charge in [-0.3, -0.25) is 4.79 Å². The monoisotopic (exact) mass is 340 g/mol. The zero-order valence-corrected chi connectivity index (χ0v) is 14.1. The molecule has 0 saturated heterocycles. The van der Waals surface area contributed by atoms with Gasteiger partial charge < -0.3 is 11.1 Å². The summed E-state index contributed by atoms with van der Waals surface area (Å²) >= 11 is 3.41. The van der Waals surface area contributed by atoms with Gasteiger partial charge in [-0.2, -0.15) is 0 Å². The molecule has 0 unspecified atom stereocenters. The van der Waals surface area contributed by atoms with Gasteiger partial charge >= 0.3 is 0 Å². The molecule has 3 nitrogen and oxygen atoms in total. The number of halogens is 1. The minimum absolute atomic E-state index is 0.0214. The quantitative estimate of drug-likeness (QED) is 0.796. The van der Waals surface area contributed by atoms with Crippen LogP contribution in [0.2, 0.25) is 0 Å². The molecule has 0 aliphatic rings. The molecule has 0 bridgehead atoms. The van der Waals surface area contributed by atoms with Gasteiger partial charge in [0.05, 0.1) is 6.04 Å². The van der Waals surface area contributed by atoms with Gasteiger partial charge in [0, 0.05) is 10.9 Å². The van der Waals surface area contributed by atoms with E-state index in [-0.39, 0.29) is 17.9 Å². The lowest BCUT2D eigenvalue weighted by molar-refractivity contribution is -0.122. The summed E-state index contributed by atoms with van der Waals surface area (Å²) in [4.78, 5) is 12.1. The van der Waals surface area contributed by atoms with Gasteiger partial charge in [-0.05, 0) is 49.4 Å². The highest BCUT2D eigenvalue weighted by molar-refractivity contribution is 9.10. The number of hydrogen-bond acceptors (Lipinski definition) is 2. The van der Waals surface area contributed by atoms with Crippen LogP contribution in [0.3, 0.4) is 0 Å². The Labute approximate surface area is 130 Å². The first-order chi connectivity index (χ1) is 9.42. The predicted octanol–water partition coefficient (Wildman–Crippen LogP) is 3.64. The largest absolute Gasteiger partial charge is 0.350 e. The third kappa shape index (κ3) is 6.06. The highest BCUT2D eigenvalue weighted by atomic mass is 79.9. The molecule has 112 valence electrons. The molecule has 0 saturated carbocycles. The standard InChI is InChI=1S/C16H25BrN2O/c1-11(2)8-13(10-18)9-16(20)19-12(3)14-4-6-15(17)7-5-14/h4-7,11-13H,8-10,18H2,1-3H3,(H,19,20)/t12-,13-/m0/s1. The lowest BCUT2D eigenvalue weighted by Gasteiger charge is -2.19. The molecule has 1 amide bonds. The highest BCUT2D eigenvalue weighted by Gasteiger charge is 2.16. The number of nitrogens with one attached hydrogen (secondary N) is 1. The summed E-state index contributed by atoms with van der Waals surface area (Å²) < 4.78 is 1.04. The Balaban J connectivity index is 2.50. The number of carbonyl (C=O) groups excluding carboxylic acids is 1. The lowest BCUT2D eigenvalue weighted by atomic mass is 9.94. The Hall–Kier alpha value is -0.870. The Morgan fingerprint density at radius 1 is 1.25 bits per heavy atom. The number of benzene rings is 1. The van der Waals surface area contributed by atoms with Crippen molar-refractivity contribution in [2.75, 3.05) is 6.54 Å². The van der Waals surface area contributed by atoms with E-state index in [2.05, 4.69) is 35.1 Å². The first-order valence-electron chi connectivity index (χ1n) is 7.17. The van der Waals surface area contributed by atoms with Crippen molar-refractivity contribution in [2.45, 2.75) is 39.7 Å². The summed E-state index contributed by atoms with van der Waals surface area (Å²) in [5, 5.41) is 3.04. The summed E-state index contributed by atoms with van der Waals surface area (Å²) in [7, 11) is 0. The van der Waals surface area contributed by atoms with E-state index in [0.29, 0.717) is 18.9 Å². The minimum atomic E-state index is 0.0214. The van der Waals surface area contributed by atoms with Gasteiger partial charge in [0.2, 0.25) is 5.91 Å². The maximum Gasteiger partial charge on any atom is 0.220 e. The van der Waals surface area contributed by atoms with Crippen LogP contribution in [-0.4, -0.2) is 12.5 Å². The molecule has 2 atom stereocenters. The molecule has 4 heteroatoms. The van der Waals surface area contributed by atoms with Gasteiger partial charge in [-0.15, -0.1) is 0 Å². The number of rotatable bonds is 7. The van der Waals surface area contributed by atoms with Crippen molar-refractivity contribution >= 4 is 21.8 Å². The molecule has 1 rings (SSSR count). The fraction of sp³-hybridized carbons (Fsp3) is 0.562. The maximum absolute atomic E-state index is 12.1. The van der Waals surface area contributed by atoms with E-state index in [0.717, 1.165) is 16.5 Å². The fourth-order valence-corrected chi connectivity index (χ4v) is 2.59. The number of hydrogen-bond donors (Lipinski definition) is 2. The van der Waals surface area contributed by atoms with Crippen LogP contribution in [0.4, 0.5) is 0 Å². The van der Waals surface area contributed by atoms with Crippen molar-refractivity contribution in [3.8, 4) is 0 Å². The van der Waals surface area contributed by atoms with Crippen molar-refractivity contribution < 1.29 is 4.79 Å². The second kappa shape index (κ2) is 8.42. The Kier molecular flexibility index (Phi) is 7.24. The predicted molar refractivity (Wildman–Crippen MR) is 87.3 cm³/mol. The van der Waals surface area contributed by atoms with Gasteiger partial charge in [-0.1, -0.05) is 41.9 Å². The first-order valence-corrected chi connectivity index (χ1v) is 7.96. The average molecular weight is 341 g/mol. The van der Waals surface area contributed by atoms with Crippen LogP contribution >= 0.6 is 15.9 Å². The van der Waals surface area contributed by atoms with E-state index >= 15 is 0 Å². The Bertz CT molecular complexity index is 417. The van der Waals surface area contributed by atoms with Crippen LogP contribution in [0.25, 0.3) is 0 Å². The smallest absolute Gasteiger partial charge is 0.220 e. The van der Waals surface area contributed by atoms with Gasteiger partial charge in [0.15, 0.2) is 0 Å². The molecule has 0 spiro atoms. The Morgan fingerprint density at radius 2 is 1.85 bits per heavy atom. The van der Waals surface area contributed by atoms with E-state index in [4.69, 9.17) is 5.73 Å². The summed E-state index contributed by atoms with van der Waals surface area (Å²) in [6, 6.07) is 8.03. The molecule has 0 heterocycles. The van der Waals surface area contributed by atoms with Crippen LogP contribution in [0.1, 0.15) is 45.2 Å². The summed E-state index contributed by atoms with van der Waals surface area (Å²) in [6.07, 6.45) is 1.51. The number of amides is 1. The molecule has 0 aliphatic carbocycles. The third-order valence-electron chi connectivity index (χ3n) is 3.36. The molecule has 20 heavy (non-hydrogen) atoms. The lowest BCUT2D eigenvalue weighted by Crippen LogP contribution is -2.30. The second-order valence-corrected chi connectivity index (χ2v) is 6.69. The molecule has 0 fully saturated rings. The van der Waals surface area contributed by atoms with Crippen LogP contribution < -0.4 is 11.1 Å². The van der Waals surface area contributed by atoms with Crippen molar-refractivity contribution in [2.24, 2.45) is 17.6 Å². The van der Waals surface area contributed by atoms with E-state index in [9.17, 15) is 4.79 Å². The average Bonchev–Trinajstić information content (AvgIpc) is 2.37. The van der Waals surface area contributed by atoms with Crippen LogP contribution in [-0.2, 0) is 4.79 Å². The van der Waals surface area contributed by atoms with Gasteiger partial charge in [-0.25, -0.2) is 0 Å². The highest BCUT2D eigenvalue weighted by Crippen LogP contribution is 2.18. The SMILES string of the molecule is CC(C)C[C@H](CN)CC(=O)N[C@@H](C)c1ccc(Br)cc1. The molecule has 3 N–H and O–H groups in total. The molecule has 0 aliphatic heterocycles. The first kappa shape index (κ1) is 17.2. The van der Waals surface area contributed by atoms with E-state index < -0.39 is 0 Å². The third-order valence-corrected chi connectivity index (χ3v) is 3.89. The van der Waals surface area contributed by atoms with Crippen LogP contribution in [0.15, 0.2) is 28.7 Å². The normalized spacial score (nSPS) is 14.1. The topological polar surface area (TPSA) is 55.1 Å². The molecular formula is C16H25BrN2O. The van der Waals surface area contributed by atoms with E-state index in [1.54, 1.807) is 0 Å². The zero-order valence-electron chi connectivity index (χ0n) is 12.5. The zero-order chi connectivity index (χ0) is 15.1. The van der Waals surface area contributed by atoms with Crippen molar-refractivity contribution in [3.63, 3.8) is 0 Å². The molecule has 0 radical (unpaired) electrons. The fourth-order valence-electron chi connectivity index (χ4n) is 2.33.